The van der Waals surface area contributed by atoms with Crippen molar-refractivity contribution >= 4 is 5.78 Å². The van der Waals surface area contributed by atoms with E-state index in [1.807, 2.05) is 0 Å². The summed E-state index contributed by atoms with van der Waals surface area (Å²) in [5.41, 5.74) is -0.439. The zero-order valence-electron chi connectivity index (χ0n) is 9.20. The van der Waals surface area contributed by atoms with E-state index in [4.69, 9.17) is 0 Å². The van der Waals surface area contributed by atoms with Crippen molar-refractivity contribution < 1.29 is 9.90 Å². The maximum atomic E-state index is 11.9. The topological polar surface area (TPSA) is 49.3 Å². The molecule has 3 atom stereocenters. The summed E-state index contributed by atoms with van der Waals surface area (Å²) < 4.78 is 0. The summed E-state index contributed by atoms with van der Waals surface area (Å²) in [6.45, 7) is 2.08. The van der Waals surface area contributed by atoms with Gasteiger partial charge < -0.3 is 5.11 Å². The van der Waals surface area contributed by atoms with E-state index in [1.54, 1.807) is 0 Å². The molecule has 3 heteroatoms. The summed E-state index contributed by atoms with van der Waals surface area (Å²) in [5, 5.41) is 12.7. The Morgan fingerprint density at radius 2 is 2.40 bits per heavy atom. The minimum absolute atomic E-state index is 0.282. The number of fused-ring (bicyclic) bond motifs is 1. The quantitative estimate of drug-likeness (QED) is 0.690. The standard InChI is InChI=1S/C12H19NO2/c1-2-3-4-7-12-9(5-6-10(12)14)8-11(15)13-12/h3-4,9,11,13,15H,2,5-8H2,1H3/b4-3-/t9?,11?,12-/m1/s1. The molecule has 1 saturated carbocycles. The van der Waals surface area contributed by atoms with E-state index in [9.17, 15) is 9.90 Å². The van der Waals surface area contributed by atoms with Gasteiger partial charge in [-0.3, -0.25) is 10.1 Å². The second-order valence-corrected chi connectivity index (χ2v) is 4.61. The minimum Gasteiger partial charge on any atom is -0.379 e. The highest BCUT2D eigenvalue weighted by Gasteiger charge is 2.54. The van der Waals surface area contributed by atoms with Crippen molar-refractivity contribution in [3.63, 3.8) is 0 Å². The lowest BCUT2D eigenvalue weighted by Gasteiger charge is -2.26. The van der Waals surface area contributed by atoms with E-state index in [2.05, 4.69) is 24.4 Å². The molecule has 2 unspecified atom stereocenters. The van der Waals surface area contributed by atoms with Crippen LogP contribution in [0.15, 0.2) is 12.2 Å². The van der Waals surface area contributed by atoms with Crippen LogP contribution >= 0.6 is 0 Å². The number of Topliss-reactive ketones (excluding diaryl/α,β-unsaturated/α-hetero) is 1. The molecule has 0 amide bonds. The molecule has 1 saturated heterocycles. The van der Waals surface area contributed by atoms with Gasteiger partial charge in [-0.15, -0.1) is 0 Å². The molecule has 1 aliphatic heterocycles. The lowest BCUT2D eigenvalue weighted by atomic mass is 9.85. The fourth-order valence-corrected chi connectivity index (χ4v) is 2.92. The van der Waals surface area contributed by atoms with Crippen molar-refractivity contribution in [3.05, 3.63) is 12.2 Å². The summed E-state index contributed by atoms with van der Waals surface area (Å²) in [5.74, 6) is 0.617. The maximum Gasteiger partial charge on any atom is 0.153 e. The van der Waals surface area contributed by atoms with E-state index in [0.717, 1.165) is 25.7 Å². The van der Waals surface area contributed by atoms with Gasteiger partial charge >= 0.3 is 0 Å². The van der Waals surface area contributed by atoms with Crippen molar-refractivity contribution in [3.8, 4) is 0 Å². The molecule has 0 radical (unpaired) electrons. The molecule has 84 valence electrons. The number of carbonyl (C=O) groups is 1. The van der Waals surface area contributed by atoms with Gasteiger partial charge in [-0.1, -0.05) is 19.1 Å². The van der Waals surface area contributed by atoms with Gasteiger partial charge in [-0.2, -0.15) is 0 Å². The Labute approximate surface area is 90.6 Å². The molecule has 0 bridgehead atoms. The SMILES string of the molecule is CC/C=C\C[C@@]12NC(O)CC1CCC2=O. The van der Waals surface area contributed by atoms with Crippen molar-refractivity contribution in [1.29, 1.82) is 0 Å². The van der Waals surface area contributed by atoms with Crippen LogP contribution in [0.4, 0.5) is 0 Å². The van der Waals surface area contributed by atoms with Crippen LogP contribution in [-0.2, 0) is 4.79 Å². The van der Waals surface area contributed by atoms with Crippen LogP contribution in [0, 0.1) is 5.92 Å². The minimum atomic E-state index is -0.491. The van der Waals surface area contributed by atoms with Crippen LogP contribution in [0.2, 0.25) is 0 Å². The summed E-state index contributed by atoms with van der Waals surface area (Å²) in [7, 11) is 0. The highest BCUT2D eigenvalue weighted by molar-refractivity contribution is 5.91. The number of hydrogen-bond acceptors (Lipinski definition) is 3. The van der Waals surface area contributed by atoms with Crippen LogP contribution in [0.3, 0.4) is 0 Å². The number of ketones is 1. The van der Waals surface area contributed by atoms with Crippen LogP contribution in [0.25, 0.3) is 0 Å². The van der Waals surface area contributed by atoms with E-state index < -0.39 is 11.8 Å². The second-order valence-electron chi connectivity index (χ2n) is 4.61. The first-order valence-corrected chi connectivity index (χ1v) is 5.83. The van der Waals surface area contributed by atoms with Crippen LogP contribution < -0.4 is 5.32 Å². The number of aliphatic hydroxyl groups is 1. The smallest absolute Gasteiger partial charge is 0.153 e. The van der Waals surface area contributed by atoms with Crippen LogP contribution in [0.5, 0.6) is 0 Å². The predicted octanol–water partition coefficient (Wildman–Crippen LogP) is 1.37. The third kappa shape index (κ3) is 1.74. The zero-order valence-corrected chi connectivity index (χ0v) is 9.20. The third-order valence-electron chi connectivity index (χ3n) is 3.69. The molecule has 0 aromatic rings. The average molecular weight is 209 g/mol. The summed E-state index contributed by atoms with van der Waals surface area (Å²) >= 11 is 0. The van der Waals surface area contributed by atoms with Gasteiger partial charge in [0.15, 0.2) is 5.78 Å². The van der Waals surface area contributed by atoms with Crippen molar-refractivity contribution in [1.82, 2.24) is 5.32 Å². The molecule has 1 heterocycles. The number of rotatable bonds is 3. The molecule has 0 spiro atoms. The Balaban J connectivity index is 2.13. The zero-order chi connectivity index (χ0) is 10.9. The van der Waals surface area contributed by atoms with Crippen LogP contribution in [-0.4, -0.2) is 22.7 Å². The Hall–Kier alpha value is -0.670. The molecule has 15 heavy (non-hydrogen) atoms. The van der Waals surface area contributed by atoms with Gasteiger partial charge in [0.2, 0.25) is 0 Å². The molecule has 2 N–H and O–H groups in total. The Morgan fingerprint density at radius 3 is 3.13 bits per heavy atom. The first kappa shape index (κ1) is 10.8. The summed E-state index contributed by atoms with van der Waals surface area (Å²) in [6.07, 6.45) is 7.73. The van der Waals surface area contributed by atoms with Gasteiger partial charge in [0.05, 0.1) is 5.54 Å². The lowest BCUT2D eigenvalue weighted by molar-refractivity contribution is -0.123. The maximum absolute atomic E-state index is 11.9. The molecule has 2 aliphatic rings. The Kier molecular flexibility index (Phi) is 2.94. The van der Waals surface area contributed by atoms with E-state index in [0.29, 0.717) is 12.3 Å². The van der Waals surface area contributed by atoms with Crippen LogP contribution in [0.1, 0.15) is 39.0 Å². The predicted molar refractivity (Wildman–Crippen MR) is 58.3 cm³/mol. The van der Waals surface area contributed by atoms with Gasteiger partial charge in [0, 0.05) is 6.42 Å². The molecular weight excluding hydrogens is 190 g/mol. The second kappa shape index (κ2) is 4.06. The molecule has 0 aromatic heterocycles. The highest BCUT2D eigenvalue weighted by Crippen LogP contribution is 2.43. The Bertz CT molecular complexity index is 287. The number of aliphatic hydroxyl groups excluding tert-OH is 1. The normalized spacial score (nSPS) is 40.3. The number of allylic oxidation sites excluding steroid dienone is 1. The lowest BCUT2D eigenvalue weighted by Crippen LogP contribution is -2.49. The summed E-state index contributed by atoms with van der Waals surface area (Å²) in [6, 6.07) is 0. The summed E-state index contributed by atoms with van der Waals surface area (Å²) in [4.78, 5) is 11.9. The van der Waals surface area contributed by atoms with Crippen molar-refractivity contribution in [2.45, 2.75) is 50.8 Å². The van der Waals surface area contributed by atoms with Crippen molar-refractivity contribution in [2.24, 2.45) is 5.92 Å². The van der Waals surface area contributed by atoms with E-state index >= 15 is 0 Å². The van der Waals surface area contributed by atoms with Gasteiger partial charge in [-0.05, 0) is 31.6 Å². The average Bonchev–Trinajstić information content (AvgIpc) is 2.65. The fourth-order valence-electron chi connectivity index (χ4n) is 2.92. The largest absolute Gasteiger partial charge is 0.379 e. The van der Waals surface area contributed by atoms with Crippen molar-refractivity contribution in [2.75, 3.05) is 0 Å². The number of hydrogen-bond donors (Lipinski definition) is 2. The van der Waals surface area contributed by atoms with E-state index in [1.165, 1.54) is 0 Å². The molecule has 2 rings (SSSR count). The van der Waals surface area contributed by atoms with Gasteiger partial charge in [0.25, 0.3) is 0 Å². The number of nitrogens with one attached hydrogen (secondary N) is 1. The number of carbonyl (C=O) groups excluding carboxylic acids is 1. The molecule has 2 fully saturated rings. The monoisotopic (exact) mass is 209 g/mol. The highest BCUT2D eigenvalue weighted by atomic mass is 16.3. The molecule has 1 aliphatic carbocycles. The van der Waals surface area contributed by atoms with E-state index in [-0.39, 0.29) is 5.78 Å². The van der Waals surface area contributed by atoms with Gasteiger partial charge in [0.1, 0.15) is 6.23 Å². The third-order valence-corrected chi connectivity index (χ3v) is 3.69. The molecule has 0 aromatic carbocycles. The molecule has 3 nitrogen and oxygen atoms in total. The first-order chi connectivity index (χ1) is 7.19. The first-order valence-electron chi connectivity index (χ1n) is 5.83. The molecular formula is C12H19NO2. The fraction of sp³-hybridized carbons (Fsp3) is 0.750. The Morgan fingerprint density at radius 1 is 1.60 bits per heavy atom. The van der Waals surface area contributed by atoms with Gasteiger partial charge in [-0.25, -0.2) is 0 Å².